The van der Waals surface area contributed by atoms with Crippen molar-refractivity contribution in [2.75, 3.05) is 17.1 Å². The van der Waals surface area contributed by atoms with Crippen LogP contribution in [0.1, 0.15) is 6.92 Å². The van der Waals surface area contributed by atoms with Crippen LogP contribution in [0, 0.1) is 0 Å². The Bertz CT molecular complexity index is 709. The third-order valence-electron chi connectivity index (χ3n) is 2.53. The first kappa shape index (κ1) is 16.9. The van der Waals surface area contributed by atoms with Gasteiger partial charge in [-0.2, -0.15) is 0 Å². The fourth-order valence-corrected chi connectivity index (χ4v) is 4.33. The molecule has 2 aromatic rings. The molecule has 22 heavy (non-hydrogen) atoms. The molecule has 118 valence electrons. The minimum absolute atomic E-state index is 0.230. The van der Waals surface area contributed by atoms with Gasteiger partial charge in [0, 0.05) is 10.6 Å². The number of hydrogen-bond acceptors (Lipinski definition) is 6. The Morgan fingerprint density at radius 3 is 2.59 bits per heavy atom. The molecule has 0 saturated heterocycles. The largest absolute Gasteiger partial charge is 0.465 e. The maximum Gasteiger partial charge on any atom is 0.316 e. The highest BCUT2D eigenvalue weighted by Gasteiger charge is 2.14. The Morgan fingerprint density at radius 1 is 1.27 bits per heavy atom. The molecule has 0 fully saturated rings. The van der Waals surface area contributed by atoms with Crippen LogP contribution < -0.4 is 4.72 Å². The van der Waals surface area contributed by atoms with Crippen LogP contribution in [0.25, 0.3) is 0 Å². The van der Waals surface area contributed by atoms with Crippen LogP contribution in [0.5, 0.6) is 0 Å². The number of thioether (sulfide) groups is 1. The zero-order chi connectivity index (χ0) is 16.0. The van der Waals surface area contributed by atoms with Crippen LogP contribution in [0.15, 0.2) is 50.9 Å². The average molecular weight is 357 g/mol. The normalized spacial score (nSPS) is 11.1. The van der Waals surface area contributed by atoms with Crippen LogP contribution in [0.4, 0.5) is 5.69 Å². The van der Waals surface area contributed by atoms with Gasteiger partial charge < -0.3 is 4.74 Å². The summed E-state index contributed by atoms with van der Waals surface area (Å²) in [5, 5.41) is 1.71. The standard InChI is InChI=1S/C14H15NO4S3/c1-2-19-13(16)10-21-12-7-5-11(6-8-12)15-22(17,18)14-4-3-9-20-14/h3-9,15H,2,10H2,1H3. The fourth-order valence-electron chi connectivity index (χ4n) is 1.59. The predicted octanol–water partition coefficient (Wildman–Crippen LogP) is 3.20. The van der Waals surface area contributed by atoms with Crippen LogP contribution in [0.3, 0.4) is 0 Å². The quantitative estimate of drug-likeness (QED) is 0.608. The summed E-state index contributed by atoms with van der Waals surface area (Å²) < 4.78 is 31.8. The van der Waals surface area contributed by atoms with Crippen molar-refractivity contribution in [2.24, 2.45) is 0 Å². The molecule has 0 unspecified atom stereocenters. The van der Waals surface area contributed by atoms with Gasteiger partial charge in [0.15, 0.2) is 0 Å². The van der Waals surface area contributed by atoms with Crippen molar-refractivity contribution in [1.29, 1.82) is 0 Å². The fraction of sp³-hybridized carbons (Fsp3) is 0.214. The first-order chi connectivity index (χ1) is 10.5. The van der Waals surface area contributed by atoms with E-state index in [2.05, 4.69) is 4.72 Å². The molecule has 0 atom stereocenters. The van der Waals surface area contributed by atoms with Crippen molar-refractivity contribution in [3.8, 4) is 0 Å². The van der Waals surface area contributed by atoms with Gasteiger partial charge in [0.05, 0.1) is 12.4 Å². The highest BCUT2D eigenvalue weighted by molar-refractivity contribution is 8.00. The Hall–Kier alpha value is -1.51. The predicted molar refractivity (Wildman–Crippen MR) is 88.9 cm³/mol. The summed E-state index contributed by atoms with van der Waals surface area (Å²) in [6.45, 7) is 2.12. The number of carbonyl (C=O) groups is 1. The lowest BCUT2D eigenvalue weighted by Gasteiger charge is -2.07. The molecule has 0 saturated carbocycles. The average Bonchev–Trinajstić information content (AvgIpc) is 3.02. The van der Waals surface area contributed by atoms with Crippen molar-refractivity contribution < 1.29 is 17.9 Å². The lowest BCUT2D eigenvalue weighted by Crippen LogP contribution is -2.11. The van der Waals surface area contributed by atoms with Crippen LogP contribution >= 0.6 is 23.1 Å². The summed E-state index contributed by atoms with van der Waals surface area (Å²) in [6, 6.07) is 10.1. The first-order valence-corrected chi connectivity index (χ1v) is 9.81. The molecule has 0 spiro atoms. The number of anilines is 1. The molecule has 1 aromatic heterocycles. The second-order valence-electron chi connectivity index (χ2n) is 4.16. The molecule has 2 rings (SSSR count). The molecule has 0 aliphatic carbocycles. The smallest absolute Gasteiger partial charge is 0.316 e. The number of benzene rings is 1. The van der Waals surface area contributed by atoms with E-state index in [1.807, 2.05) is 0 Å². The number of sulfonamides is 1. The number of hydrogen-bond donors (Lipinski definition) is 1. The van der Waals surface area contributed by atoms with Crippen molar-refractivity contribution in [1.82, 2.24) is 0 Å². The topological polar surface area (TPSA) is 72.5 Å². The van der Waals surface area contributed by atoms with E-state index in [9.17, 15) is 13.2 Å². The van der Waals surface area contributed by atoms with Crippen molar-refractivity contribution in [2.45, 2.75) is 16.0 Å². The molecule has 0 bridgehead atoms. The number of thiophene rings is 1. The molecular formula is C14H15NO4S3. The Morgan fingerprint density at radius 2 is 2.00 bits per heavy atom. The van der Waals surface area contributed by atoms with E-state index in [1.165, 1.54) is 11.8 Å². The highest BCUT2D eigenvalue weighted by atomic mass is 32.2. The molecule has 0 aliphatic heterocycles. The molecule has 0 radical (unpaired) electrons. The number of esters is 1. The Balaban J connectivity index is 1.96. The van der Waals surface area contributed by atoms with Crippen molar-refractivity contribution in [3.05, 3.63) is 41.8 Å². The van der Waals surface area contributed by atoms with E-state index in [0.29, 0.717) is 12.3 Å². The minimum atomic E-state index is -3.53. The Kier molecular flexibility index (Phi) is 5.87. The maximum absolute atomic E-state index is 12.1. The molecule has 1 heterocycles. The lowest BCUT2D eigenvalue weighted by molar-refractivity contribution is -0.139. The van der Waals surface area contributed by atoms with Crippen LogP contribution in [0.2, 0.25) is 0 Å². The molecule has 5 nitrogen and oxygen atoms in total. The summed E-state index contributed by atoms with van der Waals surface area (Å²) in [6.07, 6.45) is 0. The molecule has 1 N–H and O–H groups in total. The van der Waals surface area contributed by atoms with Gasteiger partial charge in [-0.15, -0.1) is 23.1 Å². The van der Waals surface area contributed by atoms with E-state index in [-0.39, 0.29) is 15.9 Å². The van der Waals surface area contributed by atoms with Crippen molar-refractivity contribution >= 4 is 44.8 Å². The summed E-state index contributed by atoms with van der Waals surface area (Å²) in [4.78, 5) is 12.1. The zero-order valence-corrected chi connectivity index (χ0v) is 14.3. The van der Waals surface area contributed by atoms with E-state index >= 15 is 0 Å². The minimum Gasteiger partial charge on any atom is -0.465 e. The maximum atomic E-state index is 12.1. The highest BCUT2D eigenvalue weighted by Crippen LogP contribution is 2.23. The van der Waals surface area contributed by atoms with Gasteiger partial charge >= 0.3 is 5.97 Å². The van der Waals surface area contributed by atoms with Gasteiger partial charge in [-0.05, 0) is 42.6 Å². The molecule has 1 aromatic carbocycles. The van der Waals surface area contributed by atoms with Gasteiger partial charge in [-0.25, -0.2) is 8.42 Å². The zero-order valence-electron chi connectivity index (χ0n) is 11.8. The van der Waals surface area contributed by atoms with E-state index in [1.54, 1.807) is 48.7 Å². The van der Waals surface area contributed by atoms with Gasteiger partial charge in [-0.1, -0.05) is 6.07 Å². The van der Waals surface area contributed by atoms with Crippen LogP contribution in [-0.4, -0.2) is 26.7 Å². The van der Waals surface area contributed by atoms with E-state index in [4.69, 9.17) is 4.74 Å². The number of nitrogens with one attached hydrogen (secondary N) is 1. The third-order valence-corrected chi connectivity index (χ3v) is 6.29. The Labute approximate surface area is 137 Å². The van der Waals surface area contributed by atoms with E-state index in [0.717, 1.165) is 16.2 Å². The molecule has 0 aliphatic rings. The molecule has 0 amide bonds. The second kappa shape index (κ2) is 7.66. The lowest BCUT2D eigenvalue weighted by atomic mass is 10.3. The molecule has 8 heteroatoms. The van der Waals surface area contributed by atoms with Gasteiger partial charge in [0.1, 0.15) is 4.21 Å². The summed E-state index contributed by atoms with van der Waals surface area (Å²) in [5.41, 5.74) is 0.480. The van der Waals surface area contributed by atoms with E-state index < -0.39 is 10.0 Å². The SMILES string of the molecule is CCOC(=O)CSc1ccc(NS(=O)(=O)c2cccs2)cc1. The number of carbonyl (C=O) groups excluding carboxylic acids is 1. The third kappa shape index (κ3) is 4.75. The van der Waals surface area contributed by atoms with Gasteiger partial charge in [-0.3, -0.25) is 9.52 Å². The van der Waals surface area contributed by atoms with Crippen LogP contribution in [-0.2, 0) is 19.6 Å². The first-order valence-electron chi connectivity index (χ1n) is 6.46. The second-order valence-corrected chi connectivity index (χ2v) is 8.06. The van der Waals surface area contributed by atoms with Gasteiger partial charge in [0.2, 0.25) is 0 Å². The van der Waals surface area contributed by atoms with Crippen molar-refractivity contribution in [3.63, 3.8) is 0 Å². The summed E-state index contributed by atoms with van der Waals surface area (Å²) in [5.74, 6) is -0.0383. The molecular weight excluding hydrogens is 342 g/mol. The monoisotopic (exact) mass is 357 g/mol. The number of ether oxygens (including phenoxy) is 1. The summed E-state index contributed by atoms with van der Waals surface area (Å²) in [7, 11) is -3.53. The number of rotatable bonds is 7. The van der Waals surface area contributed by atoms with Gasteiger partial charge in [0.25, 0.3) is 10.0 Å². The summed E-state index contributed by atoms with van der Waals surface area (Å²) >= 11 is 2.51.